The predicted molar refractivity (Wildman–Crippen MR) is 64.2 cm³/mol. The monoisotopic (exact) mass is 242 g/mol. The molecule has 0 radical (unpaired) electrons. The second-order valence-corrected chi connectivity index (χ2v) is 3.62. The molecule has 0 fully saturated rings. The second-order valence-electron chi connectivity index (χ2n) is 3.22. The molecule has 1 aromatic carbocycles. The fourth-order valence-electron chi connectivity index (χ4n) is 1.26. The van der Waals surface area contributed by atoms with Crippen LogP contribution in [0.1, 0.15) is 12.5 Å². The van der Waals surface area contributed by atoms with Crippen LogP contribution in [0.2, 0.25) is 5.02 Å². The van der Waals surface area contributed by atoms with E-state index < -0.39 is 0 Å². The quantitative estimate of drug-likeness (QED) is 0.608. The van der Waals surface area contributed by atoms with E-state index in [-0.39, 0.29) is 12.5 Å². The Morgan fingerprint density at radius 3 is 2.94 bits per heavy atom. The molecule has 0 unspecified atom stereocenters. The predicted octanol–water partition coefficient (Wildman–Crippen LogP) is 1.57. The van der Waals surface area contributed by atoms with E-state index in [1.54, 1.807) is 25.1 Å². The van der Waals surface area contributed by atoms with Gasteiger partial charge in [-0.1, -0.05) is 17.7 Å². The maximum atomic E-state index is 11.1. The fourth-order valence-corrected chi connectivity index (χ4v) is 1.51. The van der Waals surface area contributed by atoms with Crippen molar-refractivity contribution in [3.8, 4) is 0 Å². The number of nitrogens with two attached hydrogens (primary N) is 1. The molecule has 4 nitrogen and oxygen atoms in total. The van der Waals surface area contributed by atoms with Gasteiger partial charge in [0.05, 0.1) is 13.2 Å². The van der Waals surface area contributed by atoms with Crippen LogP contribution in [0, 0.1) is 0 Å². The Balaban J connectivity index is 2.46. The van der Waals surface area contributed by atoms with Crippen LogP contribution in [0.4, 0.5) is 5.69 Å². The van der Waals surface area contributed by atoms with Gasteiger partial charge in [0.2, 0.25) is 0 Å². The summed E-state index contributed by atoms with van der Waals surface area (Å²) in [7, 11) is 0. The van der Waals surface area contributed by atoms with E-state index in [9.17, 15) is 4.79 Å². The summed E-state index contributed by atoms with van der Waals surface area (Å²) in [6, 6.07) is 5.32. The molecule has 5 heteroatoms. The van der Waals surface area contributed by atoms with Crippen molar-refractivity contribution in [1.29, 1.82) is 0 Å². The molecular weight excluding hydrogens is 228 g/mol. The van der Waals surface area contributed by atoms with Gasteiger partial charge in [-0.25, -0.2) is 0 Å². The maximum Gasteiger partial charge on any atom is 0.319 e. The lowest BCUT2D eigenvalue weighted by Crippen LogP contribution is -2.24. The smallest absolute Gasteiger partial charge is 0.319 e. The first-order chi connectivity index (χ1) is 7.65. The Labute approximate surface area is 99.7 Å². The summed E-state index contributed by atoms with van der Waals surface area (Å²) >= 11 is 5.97. The third-order valence-electron chi connectivity index (χ3n) is 2.03. The fraction of sp³-hybridized carbons (Fsp3) is 0.364. The highest BCUT2D eigenvalue weighted by Crippen LogP contribution is 2.21. The third-order valence-corrected chi connectivity index (χ3v) is 2.39. The van der Waals surface area contributed by atoms with Gasteiger partial charge in [-0.15, -0.1) is 0 Å². The molecule has 16 heavy (non-hydrogen) atoms. The number of hydrogen-bond acceptors (Lipinski definition) is 4. The molecule has 88 valence electrons. The highest BCUT2D eigenvalue weighted by Gasteiger charge is 2.05. The number of anilines is 1. The number of rotatable bonds is 5. The maximum absolute atomic E-state index is 11.1. The number of benzene rings is 1. The minimum atomic E-state index is -0.284. The first-order valence-corrected chi connectivity index (χ1v) is 5.42. The molecule has 0 saturated heterocycles. The molecule has 0 aromatic heterocycles. The molecule has 1 rings (SSSR count). The van der Waals surface area contributed by atoms with Crippen molar-refractivity contribution in [1.82, 2.24) is 5.32 Å². The number of nitrogen functional groups attached to an aromatic ring is 1. The molecule has 0 heterocycles. The van der Waals surface area contributed by atoms with E-state index >= 15 is 0 Å². The van der Waals surface area contributed by atoms with Gasteiger partial charge in [-0.05, 0) is 19.1 Å². The zero-order valence-electron chi connectivity index (χ0n) is 9.13. The Morgan fingerprint density at radius 1 is 1.56 bits per heavy atom. The Hall–Kier alpha value is -1.26. The Morgan fingerprint density at radius 2 is 2.31 bits per heavy atom. The van der Waals surface area contributed by atoms with Crippen molar-refractivity contribution < 1.29 is 9.53 Å². The molecule has 1 aromatic rings. The van der Waals surface area contributed by atoms with Crippen LogP contribution in [0.15, 0.2) is 18.2 Å². The Bertz CT molecular complexity index is 349. The minimum Gasteiger partial charge on any atom is -0.465 e. The summed E-state index contributed by atoms with van der Waals surface area (Å²) in [5.41, 5.74) is 7.17. The van der Waals surface area contributed by atoms with Crippen LogP contribution in [0.5, 0.6) is 0 Å². The van der Waals surface area contributed by atoms with E-state index in [0.717, 1.165) is 5.56 Å². The van der Waals surface area contributed by atoms with Crippen LogP contribution < -0.4 is 11.1 Å². The third kappa shape index (κ3) is 3.72. The van der Waals surface area contributed by atoms with Gasteiger partial charge in [0, 0.05) is 22.8 Å². The van der Waals surface area contributed by atoms with Crippen molar-refractivity contribution in [2.75, 3.05) is 18.9 Å². The molecule has 0 aliphatic carbocycles. The molecule has 0 atom stereocenters. The van der Waals surface area contributed by atoms with Gasteiger partial charge >= 0.3 is 5.97 Å². The van der Waals surface area contributed by atoms with Gasteiger partial charge in [-0.3, -0.25) is 4.79 Å². The average Bonchev–Trinajstić information content (AvgIpc) is 2.23. The summed E-state index contributed by atoms with van der Waals surface area (Å²) in [4.78, 5) is 11.1. The summed E-state index contributed by atoms with van der Waals surface area (Å²) in [6.07, 6.45) is 0. The lowest BCUT2D eigenvalue weighted by atomic mass is 10.2. The number of carbonyl (C=O) groups excluding carboxylic acids is 1. The van der Waals surface area contributed by atoms with Crippen LogP contribution in [0.25, 0.3) is 0 Å². The van der Waals surface area contributed by atoms with Gasteiger partial charge < -0.3 is 15.8 Å². The molecule has 0 amide bonds. The molecule has 0 aliphatic heterocycles. The van der Waals surface area contributed by atoms with Crippen LogP contribution >= 0.6 is 11.6 Å². The van der Waals surface area contributed by atoms with E-state index in [4.69, 9.17) is 22.1 Å². The number of hydrogen-bond donors (Lipinski definition) is 2. The zero-order valence-corrected chi connectivity index (χ0v) is 9.88. The van der Waals surface area contributed by atoms with E-state index in [1.165, 1.54) is 0 Å². The summed E-state index contributed by atoms with van der Waals surface area (Å²) in [6.45, 7) is 2.75. The standard InChI is InChI=1S/C11H15ClN2O2/c1-2-16-11(15)7-14-6-8-9(12)4-3-5-10(8)13/h3-5,14H,2,6-7,13H2,1H3. The van der Waals surface area contributed by atoms with Crippen molar-refractivity contribution in [2.45, 2.75) is 13.5 Å². The number of ether oxygens (including phenoxy) is 1. The minimum absolute atomic E-state index is 0.151. The van der Waals surface area contributed by atoms with Crippen molar-refractivity contribution in [3.05, 3.63) is 28.8 Å². The highest BCUT2D eigenvalue weighted by atomic mass is 35.5. The summed E-state index contributed by atoms with van der Waals surface area (Å²) in [5.74, 6) is -0.284. The molecule has 3 N–H and O–H groups in total. The van der Waals surface area contributed by atoms with Crippen LogP contribution in [-0.4, -0.2) is 19.1 Å². The SMILES string of the molecule is CCOC(=O)CNCc1c(N)cccc1Cl. The lowest BCUT2D eigenvalue weighted by Gasteiger charge is -2.08. The molecule has 0 aliphatic rings. The number of carbonyl (C=O) groups is 1. The largest absolute Gasteiger partial charge is 0.465 e. The van der Waals surface area contributed by atoms with Crippen molar-refractivity contribution >= 4 is 23.3 Å². The van der Waals surface area contributed by atoms with Crippen LogP contribution in [-0.2, 0) is 16.1 Å². The second kappa shape index (κ2) is 6.35. The molecular formula is C11H15ClN2O2. The van der Waals surface area contributed by atoms with Gasteiger partial charge in [0.25, 0.3) is 0 Å². The van der Waals surface area contributed by atoms with Crippen LogP contribution in [0.3, 0.4) is 0 Å². The number of nitrogens with one attached hydrogen (secondary N) is 1. The molecule has 0 bridgehead atoms. The summed E-state index contributed by atoms with van der Waals surface area (Å²) < 4.78 is 4.77. The van der Waals surface area contributed by atoms with Gasteiger partial charge in [0.15, 0.2) is 0 Å². The number of halogens is 1. The first-order valence-electron chi connectivity index (χ1n) is 5.04. The average molecular weight is 243 g/mol. The van der Waals surface area contributed by atoms with E-state index in [0.29, 0.717) is 23.9 Å². The van der Waals surface area contributed by atoms with Gasteiger partial charge in [-0.2, -0.15) is 0 Å². The molecule has 0 saturated carbocycles. The first kappa shape index (κ1) is 12.8. The normalized spacial score (nSPS) is 10.1. The highest BCUT2D eigenvalue weighted by molar-refractivity contribution is 6.31. The summed E-state index contributed by atoms with van der Waals surface area (Å²) in [5, 5.41) is 3.52. The topological polar surface area (TPSA) is 64.3 Å². The number of esters is 1. The van der Waals surface area contributed by atoms with Crippen molar-refractivity contribution in [2.24, 2.45) is 0 Å². The Kier molecular flexibility index (Phi) is 5.08. The van der Waals surface area contributed by atoms with E-state index in [1.807, 2.05) is 0 Å². The van der Waals surface area contributed by atoms with Gasteiger partial charge in [0.1, 0.15) is 0 Å². The molecule has 0 spiro atoms. The van der Waals surface area contributed by atoms with E-state index in [2.05, 4.69) is 5.32 Å². The van der Waals surface area contributed by atoms with Crippen molar-refractivity contribution in [3.63, 3.8) is 0 Å². The zero-order chi connectivity index (χ0) is 12.0. The lowest BCUT2D eigenvalue weighted by molar-refractivity contribution is -0.142.